The average Bonchev–Trinajstić information content (AvgIpc) is 3.03. The number of hydrogen-bond acceptors (Lipinski definition) is 5. The van der Waals surface area contributed by atoms with Crippen LogP contribution in [-0.4, -0.2) is 52.7 Å². The van der Waals surface area contributed by atoms with E-state index in [1.807, 2.05) is 0 Å². The normalized spacial score (nSPS) is 19.3. The number of carbonyl (C=O) groups excluding carboxylic acids is 1. The zero-order chi connectivity index (χ0) is 15.0. The maximum Gasteiger partial charge on any atom is 0.254 e. The van der Waals surface area contributed by atoms with E-state index < -0.39 is 10.0 Å². The van der Waals surface area contributed by atoms with E-state index >= 15 is 0 Å². The fraction of sp³-hybridized carbons (Fsp3) is 0.417. The summed E-state index contributed by atoms with van der Waals surface area (Å²) in [5.41, 5.74) is 1.12. The SMILES string of the molecule is NS(=O)(=O)CC1CCN(C(=O)c2ccn3ncnc3c2)C1. The number of rotatable bonds is 3. The molecule has 1 atom stereocenters. The Bertz CT molecular complexity index is 785. The van der Waals surface area contributed by atoms with E-state index in [0.29, 0.717) is 30.7 Å². The van der Waals surface area contributed by atoms with Crippen molar-refractivity contribution in [3.8, 4) is 0 Å². The fourth-order valence-electron chi connectivity index (χ4n) is 2.61. The van der Waals surface area contributed by atoms with E-state index in [-0.39, 0.29) is 17.6 Å². The number of sulfonamides is 1. The Balaban J connectivity index is 1.74. The molecule has 1 aliphatic heterocycles. The van der Waals surface area contributed by atoms with Crippen molar-refractivity contribution in [2.75, 3.05) is 18.8 Å². The number of nitrogens with zero attached hydrogens (tertiary/aromatic N) is 4. The highest BCUT2D eigenvalue weighted by molar-refractivity contribution is 7.89. The number of carbonyl (C=O) groups is 1. The Morgan fingerprint density at radius 3 is 3.05 bits per heavy atom. The maximum atomic E-state index is 12.4. The van der Waals surface area contributed by atoms with E-state index in [4.69, 9.17) is 5.14 Å². The fourth-order valence-corrected chi connectivity index (χ4v) is 3.54. The first-order valence-corrected chi connectivity index (χ1v) is 8.23. The van der Waals surface area contributed by atoms with Gasteiger partial charge in [-0.15, -0.1) is 0 Å². The molecule has 1 saturated heterocycles. The molecule has 2 aromatic rings. The molecule has 3 heterocycles. The van der Waals surface area contributed by atoms with Crippen LogP contribution in [0, 0.1) is 5.92 Å². The summed E-state index contributed by atoms with van der Waals surface area (Å²) in [6.07, 6.45) is 3.74. The zero-order valence-corrected chi connectivity index (χ0v) is 12.0. The number of primary sulfonamides is 1. The lowest BCUT2D eigenvalue weighted by atomic mass is 10.2. The number of fused-ring (bicyclic) bond motifs is 1. The van der Waals surface area contributed by atoms with Gasteiger partial charge in [-0.05, 0) is 24.5 Å². The third kappa shape index (κ3) is 3.03. The molecule has 112 valence electrons. The molecule has 0 bridgehead atoms. The largest absolute Gasteiger partial charge is 0.338 e. The van der Waals surface area contributed by atoms with Crippen LogP contribution in [0.15, 0.2) is 24.7 Å². The van der Waals surface area contributed by atoms with Crippen LogP contribution >= 0.6 is 0 Å². The molecular formula is C12H15N5O3S. The van der Waals surface area contributed by atoms with Crippen LogP contribution in [0.2, 0.25) is 0 Å². The summed E-state index contributed by atoms with van der Waals surface area (Å²) in [4.78, 5) is 18.1. The highest BCUT2D eigenvalue weighted by Gasteiger charge is 2.29. The first-order chi connectivity index (χ1) is 9.92. The van der Waals surface area contributed by atoms with E-state index in [0.717, 1.165) is 0 Å². The predicted octanol–water partition coefficient (Wildman–Crippen LogP) is -0.520. The summed E-state index contributed by atoms with van der Waals surface area (Å²) in [5, 5.41) is 9.02. The Kier molecular flexibility index (Phi) is 3.38. The quantitative estimate of drug-likeness (QED) is 0.820. The molecule has 8 nitrogen and oxygen atoms in total. The van der Waals surface area contributed by atoms with Crippen molar-refractivity contribution in [2.45, 2.75) is 6.42 Å². The topological polar surface area (TPSA) is 111 Å². The second-order valence-electron chi connectivity index (χ2n) is 5.21. The van der Waals surface area contributed by atoms with Crippen molar-refractivity contribution >= 4 is 21.6 Å². The lowest BCUT2D eigenvalue weighted by molar-refractivity contribution is 0.0788. The molecule has 1 fully saturated rings. The van der Waals surface area contributed by atoms with E-state index in [9.17, 15) is 13.2 Å². The second-order valence-corrected chi connectivity index (χ2v) is 6.87. The molecule has 1 amide bonds. The lowest BCUT2D eigenvalue weighted by Gasteiger charge is -2.16. The van der Waals surface area contributed by atoms with Gasteiger partial charge in [0.25, 0.3) is 5.91 Å². The number of nitrogens with two attached hydrogens (primary N) is 1. The molecule has 0 radical (unpaired) electrons. The van der Waals surface area contributed by atoms with Crippen LogP contribution < -0.4 is 5.14 Å². The molecule has 3 rings (SSSR count). The van der Waals surface area contributed by atoms with Gasteiger partial charge in [-0.1, -0.05) is 0 Å². The molecule has 0 saturated carbocycles. The molecule has 9 heteroatoms. The average molecular weight is 309 g/mol. The first kappa shape index (κ1) is 14.0. The van der Waals surface area contributed by atoms with E-state index in [1.165, 1.54) is 6.33 Å². The number of pyridine rings is 1. The third-order valence-corrected chi connectivity index (χ3v) is 4.50. The number of likely N-dealkylation sites (tertiary alicyclic amines) is 1. The molecule has 2 N–H and O–H groups in total. The first-order valence-electron chi connectivity index (χ1n) is 6.51. The Labute approximate surface area is 121 Å². The van der Waals surface area contributed by atoms with E-state index in [2.05, 4.69) is 10.1 Å². The standard InChI is InChI=1S/C12H15N5O3S/c13-21(19,20)7-9-1-3-16(6-9)12(18)10-2-4-17-11(5-10)14-8-15-17/h2,4-5,8-9H,1,3,6-7H2,(H2,13,19,20). The highest BCUT2D eigenvalue weighted by atomic mass is 32.2. The van der Waals surface area contributed by atoms with Crippen molar-refractivity contribution in [3.05, 3.63) is 30.2 Å². The van der Waals surface area contributed by atoms with Crippen LogP contribution in [0.5, 0.6) is 0 Å². The summed E-state index contributed by atoms with van der Waals surface area (Å²) >= 11 is 0. The summed E-state index contributed by atoms with van der Waals surface area (Å²) < 4.78 is 23.8. The predicted molar refractivity (Wildman–Crippen MR) is 75.0 cm³/mol. The Morgan fingerprint density at radius 1 is 1.48 bits per heavy atom. The van der Waals surface area contributed by atoms with Gasteiger partial charge in [-0.2, -0.15) is 5.10 Å². The summed E-state index contributed by atoms with van der Waals surface area (Å²) in [7, 11) is -3.50. The van der Waals surface area contributed by atoms with Gasteiger partial charge in [-0.3, -0.25) is 4.79 Å². The molecular weight excluding hydrogens is 294 g/mol. The van der Waals surface area contributed by atoms with E-state index in [1.54, 1.807) is 27.7 Å². The minimum absolute atomic E-state index is 0.0833. The maximum absolute atomic E-state index is 12.4. The second kappa shape index (κ2) is 5.08. The number of amides is 1. The smallest absolute Gasteiger partial charge is 0.254 e. The van der Waals surface area contributed by atoms with Gasteiger partial charge >= 0.3 is 0 Å². The van der Waals surface area contributed by atoms with Crippen molar-refractivity contribution in [3.63, 3.8) is 0 Å². The van der Waals surface area contributed by atoms with Crippen LogP contribution in [0.25, 0.3) is 5.65 Å². The number of aromatic nitrogens is 3. The highest BCUT2D eigenvalue weighted by Crippen LogP contribution is 2.20. The van der Waals surface area contributed by atoms with Crippen LogP contribution in [0.4, 0.5) is 0 Å². The van der Waals surface area contributed by atoms with Crippen molar-refractivity contribution in [1.29, 1.82) is 0 Å². The zero-order valence-electron chi connectivity index (χ0n) is 11.2. The molecule has 2 aromatic heterocycles. The van der Waals surface area contributed by atoms with Gasteiger partial charge in [0.05, 0.1) is 5.75 Å². The number of hydrogen-bond donors (Lipinski definition) is 1. The van der Waals surface area contributed by atoms with Crippen molar-refractivity contribution < 1.29 is 13.2 Å². The third-order valence-electron chi connectivity index (χ3n) is 3.57. The Hall–Kier alpha value is -2.00. The van der Waals surface area contributed by atoms with Crippen LogP contribution in [0.3, 0.4) is 0 Å². The van der Waals surface area contributed by atoms with Gasteiger partial charge in [-0.25, -0.2) is 23.1 Å². The minimum Gasteiger partial charge on any atom is -0.338 e. The molecule has 0 spiro atoms. The van der Waals surface area contributed by atoms with Gasteiger partial charge in [0, 0.05) is 24.8 Å². The van der Waals surface area contributed by atoms with Crippen molar-refractivity contribution in [1.82, 2.24) is 19.5 Å². The minimum atomic E-state index is -3.50. The summed E-state index contributed by atoms with van der Waals surface area (Å²) in [5.74, 6) is -0.307. The molecule has 1 unspecified atom stereocenters. The van der Waals surface area contributed by atoms with Gasteiger partial charge in [0.2, 0.25) is 10.0 Å². The lowest BCUT2D eigenvalue weighted by Crippen LogP contribution is -2.30. The van der Waals surface area contributed by atoms with Gasteiger partial charge < -0.3 is 4.90 Å². The molecule has 1 aliphatic rings. The monoisotopic (exact) mass is 309 g/mol. The molecule has 0 aliphatic carbocycles. The summed E-state index contributed by atoms with van der Waals surface area (Å²) in [6.45, 7) is 0.948. The van der Waals surface area contributed by atoms with Crippen LogP contribution in [-0.2, 0) is 10.0 Å². The Morgan fingerprint density at radius 2 is 2.29 bits per heavy atom. The molecule has 0 aromatic carbocycles. The van der Waals surface area contributed by atoms with Crippen LogP contribution in [0.1, 0.15) is 16.8 Å². The van der Waals surface area contributed by atoms with Gasteiger partial charge in [0.15, 0.2) is 5.65 Å². The van der Waals surface area contributed by atoms with Gasteiger partial charge in [0.1, 0.15) is 6.33 Å². The summed E-state index contributed by atoms with van der Waals surface area (Å²) in [6, 6.07) is 3.35. The molecule has 21 heavy (non-hydrogen) atoms. The van der Waals surface area contributed by atoms with Crippen molar-refractivity contribution in [2.24, 2.45) is 11.1 Å².